The lowest BCUT2D eigenvalue weighted by atomic mass is 10.0. The number of hydrogen-bond acceptors (Lipinski definition) is 5. The molecule has 1 atom stereocenters. The molecule has 2 heterocycles. The molecule has 0 bridgehead atoms. The Bertz CT molecular complexity index is 1330. The summed E-state index contributed by atoms with van der Waals surface area (Å²) in [5.74, 6) is 0. The third kappa shape index (κ3) is 6.09. The lowest BCUT2D eigenvalue weighted by Crippen LogP contribution is -2.48. The van der Waals surface area contributed by atoms with Crippen molar-refractivity contribution in [2.75, 3.05) is 23.9 Å². The number of piperidine rings is 1. The molecule has 2 aliphatic rings. The molecule has 1 fully saturated rings. The first-order valence-electron chi connectivity index (χ1n) is 12.5. The minimum Gasteiger partial charge on any atom is -0.444 e. The van der Waals surface area contributed by atoms with E-state index in [2.05, 4.69) is 22.3 Å². The Balaban J connectivity index is 1.21. The topological polar surface area (TPSA) is 79.0 Å². The van der Waals surface area contributed by atoms with Crippen molar-refractivity contribution >= 4 is 33.4 Å². The van der Waals surface area contributed by atoms with E-state index >= 15 is 0 Å². The normalized spacial score (nSPS) is 18.7. The van der Waals surface area contributed by atoms with Crippen molar-refractivity contribution in [2.24, 2.45) is 0 Å². The van der Waals surface area contributed by atoms with Crippen LogP contribution in [-0.2, 0) is 27.7 Å². The largest absolute Gasteiger partial charge is 0.444 e. The van der Waals surface area contributed by atoms with Gasteiger partial charge in [-0.05, 0) is 54.3 Å². The summed E-state index contributed by atoms with van der Waals surface area (Å²) in [5.41, 5.74) is 2.70. The maximum Gasteiger partial charge on any atom is 0.407 e. The second-order valence-corrected chi connectivity index (χ2v) is 11.8. The number of hydrogen-bond donors (Lipinski definition) is 1. The van der Waals surface area contributed by atoms with Crippen LogP contribution in [0.5, 0.6) is 0 Å². The van der Waals surface area contributed by atoms with Gasteiger partial charge >= 0.3 is 6.09 Å². The number of rotatable bonds is 6. The van der Waals surface area contributed by atoms with Crippen LogP contribution in [0.4, 0.5) is 10.5 Å². The lowest BCUT2D eigenvalue weighted by Gasteiger charge is -2.35. The molecular formula is C28H30ClN3O4S. The molecule has 0 spiro atoms. The number of fused-ring (bicyclic) bond motifs is 1. The average molecular weight is 540 g/mol. The van der Waals surface area contributed by atoms with Crippen LogP contribution in [0.3, 0.4) is 0 Å². The lowest BCUT2D eigenvalue weighted by molar-refractivity contribution is 0.0918. The van der Waals surface area contributed by atoms with Gasteiger partial charge in [-0.3, -0.25) is 9.21 Å². The fourth-order valence-electron chi connectivity index (χ4n) is 4.99. The van der Waals surface area contributed by atoms with Crippen molar-refractivity contribution in [3.8, 4) is 0 Å². The van der Waals surface area contributed by atoms with Crippen LogP contribution in [0.15, 0.2) is 83.8 Å². The molecule has 1 saturated heterocycles. The molecule has 194 valence electrons. The van der Waals surface area contributed by atoms with Gasteiger partial charge < -0.3 is 10.1 Å². The quantitative estimate of drug-likeness (QED) is 0.484. The zero-order valence-electron chi connectivity index (χ0n) is 20.4. The number of halogens is 1. The molecule has 3 aromatic rings. The predicted octanol–water partition coefficient (Wildman–Crippen LogP) is 4.85. The van der Waals surface area contributed by atoms with Gasteiger partial charge in [0, 0.05) is 37.1 Å². The Kier molecular flexibility index (Phi) is 7.69. The molecule has 1 N–H and O–H groups in total. The first kappa shape index (κ1) is 25.6. The van der Waals surface area contributed by atoms with Gasteiger partial charge in [0.25, 0.3) is 10.0 Å². The smallest absolute Gasteiger partial charge is 0.407 e. The summed E-state index contributed by atoms with van der Waals surface area (Å²) in [7, 11) is -3.86. The Labute approximate surface area is 223 Å². The van der Waals surface area contributed by atoms with Gasteiger partial charge in [-0.1, -0.05) is 60.1 Å². The van der Waals surface area contributed by atoms with E-state index in [1.54, 1.807) is 24.3 Å². The number of carbonyl (C=O) groups excluding carboxylic acids is 1. The minimum atomic E-state index is -3.86. The number of anilines is 1. The van der Waals surface area contributed by atoms with Crippen LogP contribution in [0.25, 0.3) is 0 Å². The molecule has 0 aromatic heterocycles. The number of amides is 1. The number of sulfonamides is 1. The standard InChI is InChI=1S/C28H30ClN3O4S/c29-23-10-12-26(13-11-23)37(34,35)32-20-25(18-22-8-4-5-9-27(22)32)36-28(33)30-24-14-16-31(17-15-24)19-21-6-2-1-3-7-21/h1-13,24-25H,14-20H2,(H,30,33)/t25-/m0/s1. The van der Waals surface area contributed by atoms with Crippen molar-refractivity contribution in [3.63, 3.8) is 0 Å². The first-order valence-corrected chi connectivity index (χ1v) is 14.3. The van der Waals surface area contributed by atoms with E-state index < -0.39 is 22.2 Å². The van der Waals surface area contributed by atoms with Crippen molar-refractivity contribution < 1.29 is 17.9 Å². The number of para-hydroxylation sites is 1. The van der Waals surface area contributed by atoms with E-state index in [1.165, 1.54) is 22.0 Å². The SMILES string of the molecule is O=C(NC1CCN(Cc2ccccc2)CC1)O[C@H]1Cc2ccccc2N(S(=O)(=O)c2ccc(Cl)cc2)C1. The van der Waals surface area contributed by atoms with Crippen LogP contribution in [0, 0.1) is 0 Å². The molecule has 1 amide bonds. The number of nitrogens with zero attached hydrogens (tertiary/aromatic N) is 2. The van der Waals surface area contributed by atoms with Gasteiger partial charge in [0.05, 0.1) is 17.1 Å². The number of nitrogens with one attached hydrogen (secondary N) is 1. The summed E-state index contributed by atoms with van der Waals surface area (Å²) in [5, 5.41) is 3.46. The van der Waals surface area contributed by atoms with E-state index in [4.69, 9.17) is 16.3 Å². The summed E-state index contributed by atoms with van der Waals surface area (Å²) < 4.78 is 34.1. The number of alkyl carbamates (subject to hydrolysis) is 1. The maximum absolute atomic E-state index is 13.5. The van der Waals surface area contributed by atoms with Crippen molar-refractivity contribution in [2.45, 2.75) is 42.8 Å². The van der Waals surface area contributed by atoms with Crippen molar-refractivity contribution in [1.82, 2.24) is 10.2 Å². The van der Waals surface area contributed by atoms with Crippen molar-refractivity contribution in [3.05, 3.63) is 95.0 Å². The van der Waals surface area contributed by atoms with Crippen LogP contribution in [0.2, 0.25) is 5.02 Å². The van der Waals surface area contributed by atoms with Gasteiger partial charge in [0.2, 0.25) is 0 Å². The number of carbonyl (C=O) groups is 1. The molecule has 5 rings (SSSR count). The third-order valence-electron chi connectivity index (χ3n) is 6.91. The second-order valence-electron chi connectivity index (χ2n) is 9.53. The number of likely N-dealkylation sites (tertiary alicyclic amines) is 1. The third-order valence-corrected chi connectivity index (χ3v) is 8.96. The zero-order chi connectivity index (χ0) is 25.8. The maximum atomic E-state index is 13.5. The molecule has 2 aliphatic heterocycles. The number of ether oxygens (including phenoxy) is 1. The van der Waals surface area contributed by atoms with E-state index in [0.29, 0.717) is 17.1 Å². The predicted molar refractivity (Wildman–Crippen MR) is 144 cm³/mol. The van der Waals surface area contributed by atoms with Crippen LogP contribution >= 0.6 is 11.6 Å². The molecular weight excluding hydrogens is 510 g/mol. The Morgan fingerprint density at radius 3 is 2.35 bits per heavy atom. The van der Waals surface area contributed by atoms with Gasteiger partial charge in [0.1, 0.15) is 6.10 Å². The number of benzene rings is 3. The average Bonchev–Trinajstić information content (AvgIpc) is 2.90. The molecule has 0 aliphatic carbocycles. The highest BCUT2D eigenvalue weighted by Gasteiger charge is 2.35. The first-order chi connectivity index (χ1) is 17.9. The summed E-state index contributed by atoms with van der Waals surface area (Å²) in [6, 6.07) is 23.8. The second kappa shape index (κ2) is 11.1. The van der Waals surface area contributed by atoms with Gasteiger partial charge in [-0.2, -0.15) is 0 Å². The van der Waals surface area contributed by atoms with Crippen LogP contribution in [-0.4, -0.2) is 51.2 Å². The Morgan fingerprint density at radius 1 is 0.946 bits per heavy atom. The van der Waals surface area contributed by atoms with E-state index in [-0.39, 0.29) is 17.5 Å². The summed E-state index contributed by atoms with van der Waals surface area (Å²) in [6.07, 6.45) is 1.02. The van der Waals surface area contributed by atoms with Gasteiger partial charge in [0.15, 0.2) is 0 Å². The summed E-state index contributed by atoms with van der Waals surface area (Å²) in [4.78, 5) is 15.3. The van der Waals surface area contributed by atoms with Crippen LogP contribution in [0.1, 0.15) is 24.0 Å². The van der Waals surface area contributed by atoms with E-state index in [9.17, 15) is 13.2 Å². The zero-order valence-corrected chi connectivity index (χ0v) is 22.0. The minimum absolute atomic E-state index is 0.0318. The fraction of sp³-hybridized carbons (Fsp3) is 0.321. The van der Waals surface area contributed by atoms with E-state index in [0.717, 1.165) is 38.0 Å². The van der Waals surface area contributed by atoms with Gasteiger partial charge in [-0.15, -0.1) is 0 Å². The highest BCUT2D eigenvalue weighted by atomic mass is 35.5. The molecule has 0 radical (unpaired) electrons. The Hall–Kier alpha value is -3.07. The molecule has 3 aromatic carbocycles. The molecule has 9 heteroatoms. The van der Waals surface area contributed by atoms with E-state index in [1.807, 2.05) is 30.3 Å². The molecule has 0 saturated carbocycles. The highest BCUT2D eigenvalue weighted by molar-refractivity contribution is 7.92. The molecule has 7 nitrogen and oxygen atoms in total. The highest BCUT2D eigenvalue weighted by Crippen LogP contribution is 2.33. The van der Waals surface area contributed by atoms with Gasteiger partial charge in [-0.25, -0.2) is 13.2 Å². The fourth-order valence-corrected chi connectivity index (χ4v) is 6.65. The van der Waals surface area contributed by atoms with Crippen LogP contribution < -0.4 is 9.62 Å². The summed E-state index contributed by atoms with van der Waals surface area (Å²) >= 11 is 5.96. The van der Waals surface area contributed by atoms with Crippen molar-refractivity contribution in [1.29, 1.82) is 0 Å². The molecule has 0 unspecified atom stereocenters. The monoisotopic (exact) mass is 539 g/mol. The molecule has 37 heavy (non-hydrogen) atoms. The Morgan fingerprint density at radius 2 is 1.62 bits per heavy atom. The summed E-state index contributed by atoms with van der Waals surface area (Å²) in [6.45, 7) is 2.73.